The SMILES string of the molecule is COc1cccc(C(=O)N2CCC(N(Cc3ccc([N+](=O)[O-])cc3)Cc3cccs3)C[C@@H]2C(=O)NC2CCC(N)CC2)c1. The smallest absolute Gasteiger partial charge is 0.269 e. The molecule has 228 valence electrons. The first-order valence-corrected chi connectivity index (χ1v) is 15.7. The van der Waals surface area contributed by atoms with Gasteiger partial charge in [-0.3, -0.25) is 24.6 Å². The van der Waals surface area contributed by atoms with E-state index in [1.807, 2.05) is 11.4 Å². The highest BCUT2D eigenvalue weighted by atomic mass is 32.1. The predicted octanol–water partition coefficient (Wildman–Crippen LogP) is 4.73. The molecular weight excluding hydrogens is 566 g/mol. The number of non-ortho nitro benzene ring substituents is 1. The first-order chi connectivity index (χ1) is 20.8. The molecule has 3 N–H and O–H groups in total. The van der Waals surface area contributed by atoms with Crippen molar-refractivity contribution in [3.05, 3.63) is 92.2 Å². The average molecular weight is 606 g/mol. The van der Waals surface area contributed by atoms with Crippen LogP contribution in [0.15, 0.2) is 66.0 Å². The summed E-state index contributed by atoms with van der Waals surface area (Å²) >= 11 is 1.67. The van der Waals surface area contributed by atoms with Crippen LogP contribution < -0.4 is 15.8 Å². The van der Waals surface area contributed by atoms with Gasteiger partial charge in [-0.2, -0.15) is 0 Å². The molecule has 0 spiro atoms. The number of thiophene rings is 1. The summed E-state index contributed by atoms with van der Waals surface area (Å²) in [5, 5.41) is 16.5. The zero-order valence-electron chi connectivity index (χ0n) is 24.4. The van der Waals surface area contributed by atoms with Crippen molar-refractivity contribution in [1.82, 2.24) is 15.1 Å². The number of amides is 2. The summed E-state index contributed by atoms with van der Waals surface area (Å²) in [5.41, 5.74) is 7.60. The molecule has 2 atom stereocenters. The van der Waals surface area contributed by atoms with Crippen molar-refractivity contribution in [3.8, 4) is 5.75 Å². The monoisotopic (exact) mass is 605 g/mol. The molecule has 2 fully saturated rings. The number of hydrogen-bond acceptors (Lipinski definition) is 8. The van der Waals surface area contributed by atoms with Gasteiger partial charge in [0.1, 0.15) is 11.8 Å². The lowest BCUT2D eigenvalue weighted by molar-refractivity contribution is -0.384. The number of carbonyl (C=O) groups excluding carboxylic acids is 2. The summed E-state index contributed by atoms with van der Waals surface area (Å²) in [5.74, 6) is 0.265. The number of nitrogens with one attached hydrogen (secondary N) is 1. The van der Waals surface area contributed by atoms with Crippen molar-refractivity contribution in [2.24, 2.45) is 5.73 Å². The molecule has 3 aromatic rings. The van der Waals surface area contributed by atoms with E-state index in [9.17, 15) is 19.7 Å². The number of ether oxygens (including phenoxy) is 1. The molecule has 1 aliphatic heterocycles. The summed E-state index contributed by atoms with van der Waals surface area (Å²) in [6, 6.07) is 17.4. The number of nitrogens with two attached hydrogens (primary N) is 1. The van der Waals surface area contributed by atoms with Gasteiger partial charge in [0.2, 0.25) is 5.91 Å². The predicted molar refractivity (Wildman–Crippen MR) is 166 cm³/mol. The Morgan fingerprint density at radius 1 is 1.07 bits per heavy atom. The Morgan fingerprint density at radius 2 is 1.84 bits per heavy atom. The molecule has 1 aromatic heterocycles. The van der Waals surface area contributed by atoms with Crippen molar-refractivity contribution in [1.29, 1.82) is 0 Å². The maximum Gasteiger partial charge on any atom is 0.269 e. The Morgan fingerprint density at radius 3 is 2.51 bits per heavy atom. The van der Waals surface area contributed by atoms with Crippen LogP contribution in [0.2, 0.25) is 0 Å². The number of piperidine rings is 1. The van der Waals surface area contributed by atoms with Crippen LogP contribution in [0.5, 0.6) is 5.75 Å². The normalized spacial score (nSPS) is 22.3. The number of nitro groups is 1. The van der Waals surface area contributed by atoms with Gasteiger partial charge in [0, 0.05) is 60.3 Å². The van der Waals surface area contributed by atoms with E-state index < -0.39 is 11.0 Å². The molecule has 2 amide bonds. The second-order valence-corrected chi connectivity index (χ2v) is 12.5. The fourth-order valence-electron chi connectivity index (χ4n) is 6.13. The molecule has 43 heavy (non-hydrogen) atoms. The van der Waals surface area contributed by atoms with Gasteiger partial charge in [0.15, 0.2) is 0 Å². The standard InChI is InChI=1S/C32H39N5O5S/c1-42-28-5-2-4-23(18-28)32(39)36-16-15-27(19-30(36)31(38)34-25-11-9-24(33)10-12-25)35(21-29-6-3-17-43-29)20-22-7-13-26(14-8-22)37(40)41/h2-8,13-14,17-18,24-25,27,30H,9-12,15-16,19-21,33H2,1H3,(H,34,38)/t24?,25?,27?,30-/m1/s1. The van der Waals surface area contributed by atoms with Gasteiger partial charge in [0.05, 0.1) is 12.0 Å². The second kappa shape index (κ2) is 14.1. The minimum Gasteiger partial charge on any atom is -0.497 e. The molecule has 11 heteroatoms. The lowest BCUT2D eigenvalue weighted by atomic mass is 9.90. The molecule has 2 aromatic carbocycles. The molecule has 10 nitrogen and oxygen atoms in total. The van der Waals surface area contributed by atoms with Crippen molar-refractivity contribution in [2.75, 3.05) is 13.7 Å². The first kappa shape index (κ1) is 30.7. The quantitative estimate of drug-likeness (QED) is 0.252. The maximum atomic E-state index is 13.9. The van der Waals surface area contributed by atoms with Crippen molar-refractivity contribution in [3.63, 3.8) is 0 Å². The highest BCUT2D eigenvalue weighted by Crippen LogP contribution is 2.29. The Bertz CT molecular complexity index is 1390. The first-order valence-electron chi connectivity index (χ1n) is 14.8. The van der Waals surface area contributed by atoms with E-state index in [4.69, 9.17) is 10.5 Å². The van der Waals surface area contributed by atoms with Gasteiger partial charge >= 0.3 is 0 Å². The lowest BCUT2D eigenvalue weighted by Crippen LogP contribution is -2.58. The van der Waals surface area contributed by atoms with Crippen molar-refractivity contribution in [2.45, 2.75) is 75.8 Å². The number of hydrogen-bond donors (Lipinski definition) is 2. The number of rotatable bonds is 10. The molecule has 5 rings (SSSR count). The summed E-state index contributed by atoms with van der Waals surface area (Å²) < 4.78 is 5.35. The largest absolute Gasteiger partial charge is 0.497 e. The fourth-order valence-corrected chi connectivity index (χ4v) is 6.86. The van der Waals surface area contributed by atoms with Gasteiger partial charge in [-0.05, 0) is 73.7 Å². The Balaban J connectivity index is 1.39. The van der Waals surface area contributed by atoms with E-state index in [-0.39, 0.29) is 35.6 Å². The highest BCUT2D eigenvalue weighted by Gasteiger charge is 2.39. The van der Waals surface area contributed by atoms with Crippen LogP contribution in [0.3, 0.4) is 0 Å². The number of likely N-dealkylation sites (tertiary alicyclic amines) is 1. The number of nitro benzene ring substituents is 1. The molecule has 1 aliphatic carbocycles. The zero-order chi connectivity index (χ0) is 30.3. The summed E-state index contributed by atoms with van der Waals surface area (Å²) in [7, 11) is 1.56. The van der Waals surface area contributed by atoms with Gasteiger partial charge in [-0.25, -0.2) is 0 Å². The van der Waals surface area contributed by atoms with E-state index in [0.29, 0.717) is 43.8 Å². The number of methoxy groups -OCH3 is 1. The number of carbonyl (C=O) groups is 2. The van der Waals surface area contributed by atoms with Crippen LogP contribution in [0, 0.1) is 10.1 Å². The third kappa shape index (κ3) is 7.78. The van der Waals surface area contributed by atoms with Crippen LogP contribution >= 0.6 is 11.3 Å². The fraction of sp³-hybridized carbons (Fsp3) is 0.438. The van der Waals surface area contributed by atoms with Gasteiger partial charge in [0.25, 0.3) is 11.6 Å². The second-order valence-electron chi connectivity index (χ2n) is 11.5. The lowest BCUT2D eigenvalue weighted by Gasteiger charge is -2.43. The third-order valence-electron chi connectivity index (χ3n) is 8.56. The van der Waals surface area contributed by atoms with Crippen molar-refractivity contribution >= 4 is 28.8 Å². The van der Waals surface area contributed by atoms with Crippen LogP contribution in [0.1, 0.15) is 59.3 Å². The molecule has 1 saturated carbocycles. The topological polar surface area (TPSA) is 131 Å². The number of nitrogens with zero attached hydrogens (tertiary/aromatic N) is 3. The minimum atomic E-state index is -0.643. The molecule has 1 saturated heterocycles. The van der Waals surface area contributed by atoms with Crippen LogP contribution in [-0.4, -0.2) is 64.4 Å². The zero-order valence-corrected chi connectivity index (χ0v) is 25.2. The van der Waals surface area contributed by atoms with E-state index in [1.54, 1.807) is 59.7 Å². The van der Waals surface area contributed by atoms with Gasteiger partial charge in [-0.15, -0.1) is 11.3 Å². The van der Waals surface area contributed by atoms with Crippen LogP contribution in [0.25, 0.3) is 0 Å². The van der Waals surface area contributed by atoms with Crippen molar-refractivity contribution < 1.29 is 19.2 Å². The van der Waals surface area contributed by atoms with E-state index in [2.05, 4.69) is 16.3 Å². The molecular formula is C32H39N5O5S. The summed E-state index contributed by atoms with van der Waals surface area (Å²) in [6.07, 6.45) is 4.57. The molecule has 0 radical (unpaired) electrons. The Kier molecular flexibility index (Phi) is 10.1. The van der Waals surface area contributed by atoms with Gasteiger partial charge < -0.3 is 20.7 Å². The third-order valence-corrected chi connectivity index (χ3v) is 9.42. The highest BCUT2D eigenvalue weighted by molar-refractivity contribution is 7.09. The maximum absolute atomic E-state index is 13.9. The van der Waals surface area contributed by atoms with E-state index in [1.165, 1.54) is 17.0 Å². The Hall–Kier alpha value is -3.80. The molecule has 1 unspecified atom stereocenters. The molecule has 2 heterocycles. The summed E-state index contributed by atoms with van der Waals surface area (Å²) in [4.78, 5) is 43.8. The van der Waals surface area contributed by atoms with Gasteiger partial charge in [-0.1, -0.05) is 24.3 Å². The molecule has 2 aliphatic rings. The van der Waals surface area contributed by atoms with Crippen LogP contribution in [0.4, 0.5) is 5.69 Å². The average Bonchev–Trinajstić information content (AvgIpc) is 3.54. The van der Waals surface area contributed by atoms with Crippen LogP contribution in [-0.2, 0) is 17.9 Å². The molecule has 0 bridgehead atoms. The minimum absolute atomic E-state index is 0.0159. The van der Waals surface area contributed by atoms with E-state index >= 15 is 0 Å². The summed E-state index contributed by atoms with van der Waals surface area (Å²) in [6.45, 7) is 1.67. The Labute approximate surface area is 256 Å². The van der Waals surface area contributed by atoms with E-state index in [0.717, 1.165) is 31.2 Å². The number of benzene rings is 2.